The highest BCUT2D eigenvalue weighted by Crippen LogP contribution is 2.47. The van der Waals surface area contributed by atoms with Crippen LogP contribution in [0.4, 0.5) is 0 Å². The fraction of sp³-hybridized carbons (Fsp3) is 0.688. The summed E-state index contributed by atoms with van der Waals surface area (Å²) in [5.74, 6) is 1.90. The van der Waals surface area contributed by atoms with E-state index in [4.69, 9.17) is 9.47 Å². The number of nitrogens with zero attached hydrogens (tertiary/aromatic N) is 1. The molecule has 1 aromatic carbocycles. The second-order valence-electron chi connectivity index (χ2n) is 13.8. The second kappa shape index (κ2) is 10.9. The predicted octanol–water partition coefficient (Wildman–Crippen LogP) is 6.72. The number of fused-ring (bicyclic) bond motifs is 1. The van der Waals surface area contributed by atoms with E-state index >= 15 is 0 Å². The van der Waals surface area contributed by atoms with Gasteiger partial charge in [0.1, 0.15) is 10.6 Å². The number of hydrogen-bond acceptors (Lipinski definition) is 4. The van der Waals surface area contributed by atoms with Crippen LogP contribution in [0.3, 0.4) is 0 Å². The monoisotopic (exact) mass is 556 g/mol. The molecular formula is C32H48N2O4S. The normalized spacial score (nSPS) is 20.7. The van der Waals surface area contributed by atoms with Gasteiger partial charge < -0.3 is 14.0 Å². The van der Waals surface area contributed by atoms with Crippen molar-refractivity contribution in [2.75, 3.05) is 26.4 Å². The molecule has 1 saturated carbocycles. The van der Waals surface area contributed by atoms with E-state index in [1.54, 1.807) is 0 Å². The lowest BCUT2D eigenvalue weighted by molar-refractivity contribution is 0.0678. The van der Waals surface area contributed by atoms with E-state index in [9.17, 15) is 8.42 Å². The summed E-state index contributed by atoms with van der Waals surface area (Å²) in [5, 5.41) is 0. The van der Waals surface area contributed by atoms with Crippen LogP contribution in [0.1, 0.15) is 96.4 Å². The van der Waals surface area contributed by atoms with Crippen LogP contribution in [0.2, 0.25) is 0 Å². The fourth-order valence-electron chi connectivity index (χ4n) is 6.57. The third-order valence-corrected chi connectivity index (χ3v) is 10.7. The molecule has 3 aliphatic rings. The van der Waals surface area contributed by atoms with Crippen molar-refractivity contribution >= 4 is 10.0 Å². The second-order valence-corrected chi connectivity index (χ2v) is 15.6. The SMILES string of the molecule is Cc1c(S(=O)(=O)NCC2CCOCC2)cc(-c2cc(C(C)(C)C)c3c(c2)C(C)(C)CO3)n1CC1CCCCC1. The molecule has 39 heavy (non-hydrogen) atoms. The summed E-state index contributed by atoms with van der Waals surface area (Å²) in [6, 6.07) is 6.44. The van der Waals surface area contributed by atoms with Gasteiger partial charge >= 0.3 is 0 Å². The molecule has 6 nitrogen and oxygen atoms in total. The van der Waals surface area contributed by atoms with Crippen molar-refractivity contribution in [1.82, 2.24) is 9.29 Å². The lowest BCUT2D eigenvalue weighted by Gasteiger charge is -2.26. The quantitative estimate of drug-likeness (QED) is 0.411. The van der Waals surface area contributed by atoms with Crippen LogP contribution in [-0.4, -0.2) is 39.4 Å². The number of rotatable bonds is 7. The first kappa shape index (κ1) is 28.7. The zero-order valence-corrected chi connectivity index (χ0v) is 25.7. The van der Waals surface area contributed by atoms with E-state index in [1.807, 2.05) is 13.0 Å². The van der Waals surface area contributed by atoms with Crippen molar-refractivity contribution in [3.8, 4) is 17.0 Å². The smallest absolute Gasteiger partial charge is 0.242 e. The average Bonchev–Trinajstić information content (AvgIpc) is 3.39. The minimum atomic E-state index is -3.65. The Labute approximate surface area is 235 Å². The maximum Gasteiger partial charge on any atom is 0.242 e. The van der Waals surface area contributed by atoms with Crippen LogP contribution in [0, 0.1) is 18.8 Å². The average molecular weight is 557 g/mol. The lowest BCUT2D eigenvalue weighted by atomic mass is 9.79. The molecule has 0 bridgehead atoms. The van der Waals surface area contributed by atoms with Crippen LogP contribution in [0.15, 0.2) is 23.1 Å². The Morgan fingerprint density at radius 3 is 2.36 bits per heavy atom. The molecule has 1 aromatic heterocycles. The summed E-state index contributed by atoms with van der Waals surface area (Å²) in [7, 11) is -3.65. The van der Waals surface area contributed by atoms with Gasteiger partial charge in [-0.05, 0) is 73.6 Å². The van der Waals surface area contributed by atoms with Crippen LogP contribution >= 0.6 is 0 Å². The largest absolute Gasteiger partial charge is 0.492 e. The van der Waals surface area contributed by atoms with E-state index in [0.717, 1.165) is 42.1 Å². The molecule has 3 heterocycles. The maximum atomic E-state index is 13.7. The Kier molecular flexibility index (Phi) is 7.99. The van der Waals surface area contributed by atoms with Gasteiger partial charge in [0.25, 0.3) is 0 Å². The Hall–Kier alpha value is -1.83. The number of nitrogens with one attached hydrogen (secondary N) is 1. The van der Waals surface area contributed by atoms with Gasteiger partial charge in [0.2, 0.25) is 10.0 Å². The molecule has 0 radical (unpaired) electrons. The summed E-state index contributed by atoms with van der Waals surface area (Å²) in [4.78, 5) is 0.411. The molecule has 1 saturated heterocycles. The number of benzene rings is 1. The van der Waals surface area contributed by atoms with E-state index in [-0.39, 0.29) is 10.8 Å². The highest BCUT2D eigenvalue weighted by atomic mass is 32.2. The molecule has 2 aromatic rings. The first-order valence-corrected chi connectivity index (χ1v) is 16.4. The third-order valence-electron chi connectivity index (χ3n) is 9.18. The number of sulfonamides is 1. The van der Waals surface area contributed by atoms with Crippen molar-refractivity contribution in [2.24, 2.45) is 11.8 Å². The molecule has 1 aliphatic carbocycles. The van der Waals surface area contributed by atoms with Crippen molar-refractivity contribution in [2.45, 2.75) is 109 Å². The van der Waals surface area contributed by atoms with Gasteiger partial charge in [-0.2, -0.15) is 0 Å². The van der Waals surface area contributed by atoms with Crippen LogP contribution < -0.4 is 9.46 Å². The van der Waals surface area contributed by atoms with E-state index < -0.39 is 10.0 Å². The fourth-order valence-corrected chi connectivity index (χ4v) is 7.95. The highest BCUT2D eigenvalue weighted by Gasteiger charge is 2.37. The van der Waals surface area contributed by atoms with Crippen LogP contribution in [0.5, 0.6) is 5.75 Å². The summed E-state index contributed by atoms with van der Waals surface area (Å²) in [6.45, 7) is 16.5. The van der Waals surface area contributed by atoms with E-state index in [0.29, 0.717) is 43.1 Å². The van der Waals surface area contributed by atoms with E-state index in [2.05, 4.69) is 56.0 Å². The van der Waals surface area contributed by atoms with E-state index in [1.165, 1.54) is 43.2 Å². The van der Waals surface area contributed by atoms with Gasteiger partial charge in [-0.1, -0.05) is 53.9 Å². The first-order valence-electron chi connectivity index (χ1n) is 15.0. The van der Waals surface area contributed by atoms with Crippen molar-refractivity contribution in [3.63, 3.8) is 0 Å². The molecule has 0 atom stereocenters. The zero-order chi connectivity index (χ0) is 28.0. The third kappa shape index (κ3) is 5.96. The van der Waals surface area contributed by atoms with Gasteiger partial charge in [0.15, 0.2) is 0 Å². The van der Waals surface area contributed by atoms with Crippen molar-refractivity contribution in [3.05, 3.63) is 35.0 Å². The molecule has 2 aliphatic heterocycles. The Balaban J connectivity index is 1.59. The minimum absolute atomic E-state index is 0.0959. The lowest BCUT2D eigenvalue weighted by Crippen LogP contribution is -2.32. The van der Waals surface area contributed by atoms with Gasteiger partial charge in [-0.25, -0.2) is 13.1 Å². The number of aromatic nitrogens is 1. The van der Waals surface area contributed by atoms with Gasteiger partial charge in [-0.3, -0.25) is 0 Å². The number of hydrogen-bond donors (Lipinski definition) is 1. The Morgan fingerprint density at radius 2 is 1.69 bits per heavy atom. The molecule has 216 valence electrons. The summed E-state index contributed by atoms with van der Waals surface area (Å²) in [6.07, 6.45) is 8.04. The van der Waals surface area contributed by atoms with Crippen molar-refractivity contribution in [1.29, 1.82) is 0 Å². The molecule has 7 heteroatoms. The van der Waals surface area contributed by atoms with Gasteiger partial charge in [-0.15, -0.1) is 0 Å². The molecule has 0 spiro atoms. The topological polar surface area (TPSA) is 69.6 Å². The molecule has 0 unspecified atom stereocenters. The predicted molar refractivity (Wildman–Crippen MR) is 157 cm³/mol. The Morgan fingerprint density at radius 1 is 1.00 bits per heavy atom. The highest BCUT2D eigenvalue weighted by molar-refractivity contribution is 7.89. The molecular weight excluding hydrogens is 508 g/mol. The molecule has 1 N–H and O–H groups in total. The summed E-state index contributed by atoms with van der Waals surface area (Å²) >= 11 is 0. The van der Waals surface area contributed by atoms with Crippen LogP contribution in [-0.2, 0) is 32.1 Å². The Bertz CT molecular complexity index is 1290. The molecule has 2 fully saturated rings. The van der Waals surface area contributed by atoms with Crippen molar-refractivity contribution < 1.29 is 17.9 Å². The molecule has 0 amide bonds. The standard InChI is InChI=1S/C32H48N2O4S/c1-22-29(39(35,36)33-19-23-12-14-37-15-13-23)18-28(34(22)20-24-10-8-7-9-11-24)25-16-26(31(2,3)4)30-27(17-25)32(5,6)21-38-30/h16-18,23-24,33H,7-15,19-21H2,1-6H3. The number of ether oxygens (including phenoxy) is 2. The van der Waals surface area contributed by atoms with Gasteiger partial charge in [0.05, 0.1) is 6.61 Å². The zero-order valence-electron chi connectivity index (χ0n) is 24.9. The maximum absolute atomic E-state index is 13.7. The van der Waals surface area contributed by atoms with Gasteiger partial charge in [0, 0.05) is 54.2 Å². The minimum Gasteiger partial charge on any atom is -0.492 e. The summed E-state index contributed by atoms with van der Waals surface area (Å²) in [5.41, 5.74) is 5.13. The van der Waals surface area contributed by atoms with Crippen LogP contribution in [0.25, 0.3) is 11.3 Å². The summed E-state index contributed by atoms with van der Waals surface area (Å²) < 4.78 is 44.4. The molecule has 5 rings (SSSR count). The first-order chi connectivity index (χ1) is 18.4.